The van der Waals surface area contributed by atoms with Gasteiger partial charge in [0.2, 0.25) is 0 Å². The van der Waals surface area contributed by atoms with Crippen LogP contribution in [0.1, 0.15) is 44.0 Å². The summed E-state index contributed by atoms with van der Waals surface area (Å²) in [5.41, 5.74) is 1.90. The van der Waals surface area contributed by atoms with E-state index >= 15 is 0 Å². The van der Waals surface area contributed by atoms with Gasteiger partial charge in [-0.15, -0.1) is 11.3 Å². The average molecular weight is 424 g/mol. The van der Waals surface area contributed by atoms with Crippen LogP contribution in [0.3, 0.4) is 0 Å². The zero-order chi connectivity index (χ0) is 21.1. The summed E-state index contributed by atoms with van der Waals surface area (Å²) in [7, 11) is 1.54. The highest BCUT2D eigenvalue weighted by molar-refractivity contribution is 7.17. The molecular weight excluding hydrogens is 403 g/mol. The van der Waals surface area contributed by atoms with Crippen LogP contribution in [0.4, 0.5) is 15.1 Å². The van der Waals surface area contributed by atoms with Crippen molar-refractivity contribution in [3.8, 4) is 5.75 Å². The lowest BCUT2D eigenvalue weighted by atomic mass is 9.95. The molecule has 0 atom stereocenters. The van der Waals surface area contributed by atoms with Crippen LogP contribution in [-0.4, -0.2) is 18.9 Å². The molecule has 2 amide bonds. The van der Waals surface area contributed by atoms with Gasteiger partial charge in [0.25, 0.3) is 11.8 Å². The largest absolute Gasteiger partial charge is 0.495 e. The number of anilines is 2. The van der Waals surface area contributed by atoms with Crippen molar-refractivity contribution in [2.45, 2.75) is 25.7 Å². The van der Waals surface area contributed by atoms with E-state index in [1.165, 1.54) is 36.6 Å². The molecule has 1 aliphatic rings. The molecule has 5 nitrogen and oxygen atoms in total. The van der Waals surface area contributed by atoms with Gasteiger partial charge in [-0.1, -0.05) is 24.3 Å². The highest BCUT2D eigenvalue weighted by Gasteiger charge is 2.27. The molecule has 2 N–H and O–H groups in total. The maximum absolute atomic E-state index is 14.0. The van der Waals surface area contributed by atoms with Crippen molar-refractivity contribution in [1.82, 2.24) is 0 Å². The summed E-state index contributed by atoms with van der Waals surface area (Å²) < 4.78 is 19.4. The third-order valence-electron chi connectivity index (χ3n) is 5.10. The lowest BCUT2D eigenvalue weighted by Gasteiger charge is -2.14. The number of rotatable bonds is 5. The minimum Gasteiger partial charge on any atom is -0.495 e. The Bertz CT molecular complexity index is 1110. The molecular formula is C23H21FN2O3S. The fraction of sp³-hybridized carbons (Fsp3) is 0.217. The smallest absolute Gasteiger partial charge is 0.259 e. The molecule has 4 rings (SSSR count). The zero-order valence-corrected chi connectivity index (χ0v) is 17.3. The molecule has 3 aromatic rings. The molecule has 0 fully saturated rings. The van der Waals surface area contributed by atoms with Crippen LogP contribution in [-0.2, 0) is 12.8 Å². The molecule has 7 heteroatoms. The van der Waals surface area contributed by atoms with Gasteiger partial charge in [0.15, 0.2) is 0 Å². The summed E-state index contributed by atoms with van der Waals surface area (Å²) in [5, 5.41) is 6.11. The van der Waals surface area contributed by atoms with Crippen molar-refractivity contribution in [3.63, 3.8) is 0 Å². The number of aryl methyl sites for hydroxylation is 1. The summed E-state index contributed by atoms with van der Waals surface area (Å²) in [6, 6.07) is 12.9. The molecule has 0 aliphatic heterocycles. The first kappa shape index (κ1) is 20.1. The van der Waals surface area contributed by atoms with Gasteiger partial charge in [-0.3, -0.25) is 9.59 Å². The monoisotopic (exact) mass is 424 g/mol. The van der Waals surface area contributed by atoms with E-state index in [0.29, 0.717) is 22.0 Å². The van der Waals surface area contributed by atoms with Crippen molar-refractivity contribution < 1.29 is 18.7 Å². The first-order chi connectivity index (χ1) is 14.6. The fourth-order valence-corrected chi connectivity index (χ4v) is 4.92. The second-order valence-corrected chi connectivity index (χ2v) is 8.11. The standard InChI is InChI=1S/C23H21FN2O3S/c1-29-18-12-6-5-11-17(18)25-22(28)20-15-9-3-7-13-19(15)30-23(20)26-21(27)14-8-2-4-10-16(14)24/h2,4-6,8,10-12H,3,7,9,13H2,1H3,(H,25,28)(H,26,27). The average Bonchev–Trinajstić information content (AvgIpc) is 3.12. The summed E-state index contributed by atoms with van der Waals surface area (Å²) in [4.78, 5) is 27.0. The van der Waals surface area contributed by atoms with E-state index in [2.05, 4.69) is 10.6 Å². The van der Waals surface area contributed by atoms with Crippen molar-refractivity contribution in [1.29, 1.82) is 0 Å². The zero-order valence-electron chi connectivity index (χ0n) is 16.5. The number of halogens is 1. The van der Waals surface area contributed by atoms with Gasteiger partial charge in [0.05, 0.1) is 23.9 Å². The lowest BCUT2D eigenvalue weighted by molar-refractivity contribution is 0.102. The van der Waals surface area contributed by atoms with Gasteiger partial charge in [-0.25, -0.2) is 4.39 Å². The van der Waals surface area contributed by atoms with E-state index < -0.39 is 11.7 Å². The molecule has 0 bridgehead atoms. The molecule has 0 radical (unpaired) electrons. The Morgan fingerprint density at radius 1 is 0.967 bits per heavy atom. The number of hydrogen-bond acceptors (Lipinski definition) is 4. The van der Waals surface area contributed by atoms with Crippen LogP contribution in [0.2, 0.25) is 0 Å². The van der Waals surface area contributed by atoms with Crippen LogP contribution in [0, 0.1) is 5.82 Å². The maximum atomic E-state index is 14.0. The number of methoxy groups -OCH3 is 1. The first-order valence-corrected chi connectivity index (χ1v) is 10.5. The second-order valence-electron chi connectivity index (χ2n) is 7.00. The number of fused-ring (bicyclic) bond motifs is 1. The molecule has 0 spiro atoms. The Kier molecular flexibility index (Phi) is 5.81. The number of ether oxygens (including phenoxy) is 1. The van der Waals surface area contributed by atoms with E-state index in [0.717, 1.165) is 36.1 Å². The minimum absolute atomic E-state index is 0.0556. The normalized spacial score (nSPS) is 12.7. The third kappa shape index (κ3) is 3.93. The van der Waals surface area contributed by atoms with Gasteiger partial charge in [-0.2, -0.15) is 0 Å². The fourth-order valence-electron chi connectivity index (χ4n) is 3.64. The molecule has 0 unspecified atom stereocenters. The van der Waals surface area contributed by atoms with Crippen molar-refractivity contribution in [2.24, 2.45) is 0 Å². The molecule has 30 heavy (non-hydrogen) atoms. The van der Waals surface area contributed by atoms with Crippen LogP contribution in [0.5, 0.6) is 5.75 Å². The summed E-state index contributed by atoms with van der Waals surface area (Å²) in [6.07, 6.45) is 3.67. The predicted octanol–water partition coefficient (Wildman–Crippen LogP) is 5.28. The molecule has 1 heterocycles. The van der Waals surface area contributed by atoms with Crippen LogP contribution < -0.4 is 15.4 Å². The summed E-state index contributed by atoms with van der Waals surface area (Å²) in [6.45, 7) is 0. The molecule has 0 saturated carbocycles. The van der Waals surface area contributed by atoms with E-state index in [1.807, 2.05) is 12.1 Å². The van der Waals surface area contributed by atoms with Crippen molar-refractivity contribution in [3.05, 3.63) is 75.9 Å². The van der Waals surface area contributed by atoms with Crippen LogP contribution in [0.15, 0.2) is 48.5 Å². The van der Waals surface area contributed by atoms with E-state index in [9.17, 15) is 14.0 Å². The quantitative estimate of drug-likeness (QED) is 0.586. The molecule has 1 aromatic heterocycles. The van der Waals surface area contributed by atoms with Crippen molar-refractivity contribution >= 4 is 33.8 Å². The highest BCUT2D eigenvalue weighted by atomic mass is 32.1. The topological polar surface area (TPSA) is 67.4 Å². The number of amides is 2. The highest BCUT2D eigenvalue weighted by Crippen LogP contribution is 2.39. The van der Waals surface area contributed by atoms with Gasteiger partial charge < -0.3 is 15.4 Å². The van der Waals surface area contributed by atoms with Gasteiger partial charge >= 0.3 is 0 Å². The second kappa shape index (κ2) is 8.67. The SMILES string of the molecule is COc1ccccc1NC(=O)c1c(NC(=O)c2ccccc2F)sc2c1CCCC2. The Hall–Kier alpha value is -3.19. The molecule has 1 aliphatic carbocycles. The van der Waals surface area contributed by atoms with Gasteiger partial charge in [0, 0.05) is 4.88 Å². The number of hydrogen-bond donors (Lipinski definition) is 2. The van der Waals surface area contributed by atoms with E-state index in [4.69, 9.17) is 4.74 Å². The molecule has 154 valence electrons. The maximum Gasteiger partial charge on any atom is 0.259 e. The molecule has 0 saturated heterocycles. The van der Waals surface area contributed by atoms with Crippen LogP contribution >= 0.6 is 11.3 Å². The summed E-state index contributed by atoms with van der Waals surface area (Å²) >= 11 is 1.39. The molecule has 2 aromatic carbocycles. The number of carbonyl (C=O) groups excluding carboxylic acids is 2. The minimum atomic E-state index is -0.601. The number of benzene rings is 2. The predicted molar refractivity (Wildman–Crippen MR) is 116 cm³/mol. The Balaban J connectivity index is 1.68. The number of para-hydroxylation sites is 2. The Morgan fingerprint density at radius 2 is 1.70 bits per heavy atom. The van der Waals surface area contributed by atoms with Gasteiger partial charge in [0.1, 0.15) is 16.6 Å². The first-order valence-electron chi connectivity index (χ1n) is 9.73. The lowest BCUT2D eigenvalue weighted by Crippen LogP contribution is -2.19. The Labute approximate surface area is 177 Å². The summed E-state index contributed by atoms with van der Waals surface area (Å²) in [5.74, 6) is -0.941. The van der Waals surface area contributed by atoms with E-state index in [1.54, 1.807) is 18.2 Å². The number of carbonyl (C=O) groups is 2. The number of thiophene rings is 1. The van der Waals surface area contributed by atoms with Crippen LogP contribution in [0.25, 0.3) is 0 Å². The van der Waals surface area contributed by atoms with E-state index in [-0.39, 0.29) is 11.5 Å². The third-order valence-corrected chi connectivity index (χ3v) is 6.31. The Morgan fingerprint density at radius 3 is 2.50 bits per heavy atom. The number of nitrogens with one attached hydrogen (secondary N) is 2. The van der Waals surface area contributed by atoms with Crippen molar-refractivity contribution in [2.75, 3.05) is 17.7 Å². The van der Waals surface area contributed by atoms with Gasteiger partial charge in [-0.05, 0) is 55.5 Å².